The van der Waals surface area contributed by atoms with Crippen LogP contribution in [0, 0.1) is 0 Å². The third-order valence-corrected chi connectivity index (χ3v) is 14.0. The minimum atomic E-state index is -0.237. The molecule has 0 spiro atoms. The lowest BCUT2D eigenvalue weighted by Gasteiger charge is -2.44. The first kappa shape index (κ1) is 27.0. The van der Waals surface area contributed by atoms with Crippen LogP contribution in [-0.4, -0.2) is 38.7 Å². The third kappa shape index (κ3) is 7.01. The van der Waals surface area contributed by atoms with Gasteiger partial charge in [0, 0.05) is 0 Å². The molecule has 0 heterocycles. The first-order chi connectivity index (χ1) is 12.7. The van der Waals surface area contributed by atoms with Crippen molar-refractivity contribution in [1.29, 1.82) is 0 Å². The fraction of sp³-hybridized carbons (Fsp3) is 0.808. The Morgan fingerprint density at radius 2 is 0.828 bits per heavy atom. The highest BCUT2D eigenvalue weighted by Crippen LogP contribution is 2.63. The van der Waals surface area contributed by atoms with Crippen molar-refractivity contribution in [3.8, 4) is 0 Å². The molecule has 0 unspecified atom stereocenters. The summed E-state index contributed by atoms with van der Waals surface area (Å²) < 4.78 is 0. The van der Waals surface area contributed by atoms with E-state index >= 15 is 0 Å². The molecule has 1 nitrogen and oxygen atoms in total. The quantitative estimate of drug-likeness (QED) is 0.401. The van der Waals surface area contributed by atoms with E-state index in [1.807, 2.05) is 0 Å². The zero-order chi connectivity index (χ0) is 23.2. The van der Waals surface area contributed by atoms with Crippen LogP contribution >= 0.6 is 15.8 Å². The summed E-state index contributed by atoms with van der Waals surface area (Å²) in [6, 6.07) is 0. The second kappa shape index (κ2) is 8.87. The van der Waals surface area contributed by atoms with Crippen molar-refractivity contribution in [2.24, 2.45) is 0 Å². The van der Waals surface area contributed by atoms with Gasteiger partial charge in [-0.25, -0.2) is 0 Å². The smallest absolute Gasteiger partial charge is 0.184 e. The van der Waals surface area contributed by atoms with Gasteiger partial charge in [-0.15, -0.1) is 0 Å². The Hall–Kier alpha value is 0.01000. The van der Waals surface area contributed by atoms with Gasteiger partial charge in [-0.05, 0) is 64.4 Å². The second-order valence-electron chi connectivity index (χ2n) is 12.8. The molecule has 0 aromatic heterocycles. The first-order valence-electron chi connectivity index (χ1n) is 11.1. The lowest BCUT2D eigenvalue weighted by atomic mass is 9.88. The van der Waals surface area contributed by atoms with E-state index in [2.05, 4.69) is 96.9 Å². The van der Waals surface area contributed by atoms with Crippen molar-refractivity contribution in [2.45, 2.75) is 124 Å². The maximum atomic E-state index is 13.2. The molecule has 0 saturated heterocycles. The maximum absolute atomic E-state index is 13.2. The van der Waals surface area contributed by atoms with Crippen LogP contribution in [0.25, 0.3) is 0 Å². The van der Waals surface area contributed by atoms with Crippen LogP contribution in [0.1, 0.15) is 103 Å². The lowest BCUT2D eigenvalue weighted by Crippen LogP contribution is -2.30. The van der Waals surface area contributed by atoms with Crippen LogP contribution in [0.3, 0.4) is 0 Å². The number of Topliss-reactive ketones (excluding diaryl/α,β-unsaturated/α-hetero) is 1. The Bertz CT molecular complexity index is 596. The Kier molecular flexibility index (Phi) is 8.27. The van der Waals surface area contributed by atoms with E-state index in [4.69, 9.17) is 0 Å². The van der Waals surface area contributed by atoms with Gasteiger partial charge in [0.05, 0.1) is 0 Å². The summed E-state index contributed by atoms with van der Waals surface area (Å²) in [7, 11) is -0.475. The van der Waals surface area contributed by atoms with Crippen LogP contribution in [0.2, 0.25) is 0 Å². The van der Waals surface area contributed by atoms with E-state index in [-0.39, 0.29) is 36.5 Å². The number of rotatable bonds is 4. The van der Waals surface area contributed by atoms with Crippen molar-refractivity contribution in [3.05, 3.63) is 22.3 Å². The Morgan fingerprint density at radius 3 is 1.03 bits per heavy atom. The molecule has 0 aromatic rings. The monoisotopic (exact) mass is 438 g/mol. The van der Waals surface area contributed by atoms with Crippen LogP contribution in [0.5, 0.6) is 0 Å². The van der Waals surface area contributed by atoms with Gasteiger partial charge in [-0.3, -0.25) is 4.79 Å². The number of allylic oxidation sites excluding steroid dienone is 4. The second-order valence-corrected chi connectivity index (χ2v) is 20.5. The topological polar surface area (TPSA) is 17.1 Å². The molecule has 0 saturated carbocycles. The molecule has 29 heavy (non-hydrogen) atoms. The van der Waals surface area contributed by atoms with Crippen molar-refractivity contribution >= 4 is 21.6 Å². The van der Waals surface area contributed by atoms with Gasteiger partial charge < -0.3 is 0 Å². The number of carbonyl (C=O) groups is 1. The van der Waals surface area contributed by atoms with E-state index in [0.717, 1.165) is 29.9 Å². The van der Waals surface area contributed by atoms with Gasteiger partial charge in [0.1, 0.15) is 0 Å². The summed E-state index contributed by atoms with van der Waals surface area (Å²) in [6.45, 7) is 32.7. The highest BCUT2D eigenvalue weighted by Gasteiger charge is 2.38. The Labute approximate surface area is 185 Å². The molecule has 1 aliphatic carbocycles. The molecule has 3 heteroatoms. The van der Waals surface area contributed by atoms with Crippen molar-refractivity contribution < 1.29 is 4.79 Å². The number of carbonyl (C=O) groups excluding carboxylic acids is 1. The zero-order valence-corrected chi connectivity index (χ0v) is 23.7. The van der Waals surface area contributed by atoms with E-state index in [0.29, 0.717) is 5.78 Å². The first-order valence-corrected chi connectivity index (χ1v) is 14.2. The highest BCUT2D eigenvalue weighted by molar-refractivity contribution is 7.61. The highest BCUT2D eigenvalue weighted by atomic mass is 31.1. The van der Waals surface area contributed by atoms with Crippen molar-refractivity contribution in [1.82, 2.24) is 0 Å². The molecule has 0 aliphatic heterocycles. The summed E-state index contributed by atoms with van der Waals surface area (Å²) >= 11 is 0. The molecule has 0 radical (unpaired) electrons. The average molecular weight is 439 g/mol. The third-order valence-electron chi connectivity index (χ3n) is 6.11. The SMILES string of the molecule is CC1=C(CP(C(C)(C)C)C(C)(C)C)CC(CP(C(C)(C)C)C(C)(C)C)=C(C)C1=O. The fourth-order valence-corrected chi connectivity index (χ4v) is 12.2. The van der Waals surface area contributed by atoms with E-state index in [9.17, 15) is 4.79 Å². The summed E-state index contributed by atoms with van der Waals surface area (Å²) in [5, 5.41) is 1.13. The van der Waals surface area contributed by atoms with Gasteiger partial charge in [-0.1, -0.05) is 110 Å². The van der Waals surface area contributed by atoms with Crippen LogP contribution in [0.15, 0.2) is 22.3 Å². The molecule has 0 fully saturated rings. The molecule has 0 bridgehead atoms. The lowest BCUT2D eigenvalue weighted by molar-refractivity contribution is -0.112. The molecule has 168 valence electrons. The molecule has 1 aliphatic rings. The normalized spacial score (nSPS) is 17.9. The van der Waals surface area contributed by atoms with Crippen molar-refractivity contribution in [2.75, 3.05) is 12.3 Å². The number of ketones is 1. The van der Waals surface area contributed by atoms with Gasteiger partial charge in [0.25, 0.3) is 0 Å². The average Bonchev–Trinajstić information content (AvgIpc) is 2.45. The van der Waals surface area contributed by atoms with Crippen LogP contribution in [0.4, 0.5) is 0 Å². The molecular formula is C26H48OP2. The standard InChI is InChI=1S/C26H48OP2/c1-18-20(16-28(23(3,4)5)24(6,7)8)15-21(19(2)22(18)27)17-29(25(9,10)11)26(12,13)14/h15-17H2,1-14H3. The molecule has 0 aromatic carbocycles. The van der Waals surface area contributed by atoms with Crippen LogP contribution < -0.4 is 0 Å². The number of hydrogen-bond donors (Lipinski definition) is 0. The molecule has 0 atom stereocenters. The minimum Gasteiger partial charge on any atom is -0.289 e. The fourth-order valence-electron chi connectivity index (χ4n) is 4.82. The molecule has 1 rings (SSSR count). The van der Waals surface area contributed by atoms with E-state index < -0.39 is 0 Å². The number of hydrogen-bond acceptors (Lipinski definition) is 1. The largest absolute Gasteiger partial charge is 0.289 e. The predicted molar refractivity (Wildman–Crippen MR) is 138 cm³/mol. The summed E-state index contributed by atoms with van der Waals surface area (Å²) in [6.07, 6.45) is 3.21. The Balaban J connectivity index is 3.30. The van der Waals surface area contributed by atoms with E-state index in [1.165, 1.54) is 11.1 Å². The summed E-state index contributed by atoms with van der Waals surface area (Å²) in [5.74, 6) is 0.303. The van der Waals surface area contributed by atoms with Gasteiger partial charge in [0.15, 0.2) is 5.78 Å². The zero-order valence-electron chi connectivity index (χ0n) is 21.9. The van der Waals surface area contributed by atoms with Gasteiger partial charge in [0.2, 0.25) is 0 Å². The molecular weight excluding hydrogens is 390 g/mol. The minimum absolute atomic E-state index is 0.237. The molecule has 0 amide bonds. The van der Waals surface area contributed by atoms with Crippen molar-refractivity contribution in [3.63, 3.8) is 0 Å². The maximum Gasteiger partial charge on any atom is 0.184 e. The Morgan fingerprint density at radius 1 is 0.586 bits per heavy atom. The van der Waals surface area contributed by atoms with E-state index in [1.54, 1.807) is 0 Å². The predicted octanol–water partition coefficient (Wildman–Crippen LogP) is 8.75. The summed E-state index contributed by atoms with van der Waals surface area (Å²) in [5.41, 5.74) is 4.90. The van der Waals surface area contributed by atoms with Gasteiger partial charge in [-0.2, -0.15) is 0 Å². The van der Waals surface area contributed by atoms with Crippen LogP contribution in [-0.2, 0) is 4.79 Å². The molecule has 0 N–H and O–H groups in total. The van der Waals surface area contributed by atoms with Gasteiger partial charge >= 0.3 is 0 Å². The summed E-state index contributed by atoms with van der Waals surface area (Å²) in [4.78, 5) is 13.2.